The molecule has 0 aliphatic carbocycles. The summed E-state index contributed by atoms with van der Waals surface area (Å²) in [6.07, 6.45) is 0. The quantitative estimate of drug-likeness (QED) is 0.606. The van der Waals surface area contributed by atoms with Gasteiger partial charge in [0.05, 0.1) is 0 Å². The molecule has 74 valence electrons. The molecular weight excluding hydrogens is 176 g/mol. The van der Waals surface area contributed by atoms with Crippen molar-refractivity contribution in [3.8, 4) is 0 Å². The Hall–Kier alpha value is 0.434. The van der Waals surface area contributed by atoms with Crippen molar-refractivity contribution in [3.05, 3.63) is 0 Å². The topological polar surface area (TPSA) is 0 Å². The Kier molecular flexibility index (Phi) is 4.78. The Morgan fingerprint density at radius 2 is 1.58 bits per heavy atom. The van der Waals surface area contributed by atoms with Crippen molar-refractivity contribution in [2.24, 2.45) is 0 Å². The fourth-order valence-electron chi connectivity index (χ4n) is 1.61. The molecule has 0 amide bonds. The van der Waals surface area contributed by atoms with Gasteiger partial charge in [0.15, 0.2) is 0 Å². The molecule has 0 N–H and O–H groups in total. The van der Waals surface area contributed by atoms with Crippen LogP contribution in [0.3, 0.4) is 0 Å². The molecule has 0 fully saturated rings. The molecule has 0 aromatic rings. The Labute approximate surface area is 81.4 Å². The summed E-state index contributed by atoms with van der Waals surface area (Å²) >= 11 is 0. The van der Waals surface area contributed by atoms with Gasteiger partial charge in [-0.25, -0.2) is 0 Å². The maximum Gasteiger partial charge on any atom is 0.0470 e. The van der Waals surface area contributed by atoms with Crippen LogP contribution in [0.4, 0.5) is 0 Å². The lowest BCUT2D eigenvalue weighted by molar-refractivity contribution is 0.993. The van der Waals surface area contributed by atoms with Crippen LogP contribution in [0.5, 0.6) is 0 Å². The van der Waals surface area contributed by atoms with Gasteiger partial charge in [0, 0.05) is 16.9 Å². The van der Waals surface area contributed by atoms with E-state index in [2.05, 4.69) is 47.3 Å². The van der Waals surface area contributed by atoms with E-state index in [4.69, 9.17) is 0 Å². The molecule has 0 saturated carbocycles. The van der Waals surface area contributed by atoms with E-state index in [0.29, 0.717) is 0 Å². The highest BCUT2D eigenvalue weighted by molar-refractivity contribution is 6.90. The van der Waals surface area contributed by atoms with E-state index in [9.17, 15) is 0 Å². The molecule has 0 bridgehead atoms. The average Bonchev–Trinajstić information content (AvgIpc) is 2.01. The predicted octanol–water partition coefficient (Wildman–Crippen LogP) is 3.91. The third kappa shape index (κ3) is 3.06. The number of rotatable bonds is 4. The van der Waals surface area contributed by atoms with Crippen LogP contribution in [0.15, 0.2) is 0 Å². The molecule has 2 unspecified atom stereocenters. The summed E-state index contributed by atoms with van der Waals surface area (Å²) in [6, 6.07) is 1.46. The summed E-state index contributed by atoms with van der Waals surface area (Å²) in [4.78, 5) is 0. The first-order valence-corrected chi connectivity index (χ1v) is 11.1. The van der Waals surface area contributed by atoms with Crippen LogP contribution in [0.2, 0.25) is 36.4 Å². The molecule has 2 heteroatoms. The average molecular weight is 202 g/mol. The first-order chi connectivity index (χ1) is 5.33. The van der Waals surface area contributed by atoms with Crippen LogP contribution in [0, 0.1) is 0 Å². The van der Waals surface area contributed by atoms with E-state index in [-0.39, 0.29) is 0 Å². The molecule has 0 aliphatic heterocycles. The van der Waals surface area contributed by atoms with Crippen LogP contribution >= 0.6 is 0 Å². The van der Waals surface area contributed by atoms with Gasteiger partial charge < -0.3 is 0 Å². The fourth-order valence-corrected chi connectivity index (χ4v) is 11.0. The summed E-state index contributed by atoms with van der Waals surface area (Å²) < 4.78 is 0. The van der Waals surface area contributed by atoms with Gasteiger partial charge in [-0.2, -0.15) is 0 Å². The number of hydrogen-bond donors (Lipinski definition) is 0. The zero-order chi connectivity index (χ0) is 9.94. The second-order valence-electron chi connectivity index (χ2n) is 5.23. The highest BCUT2D eigenvalue weighted by Crippen LogP contribution is 2.31. The molecule has 0 aromatic carbocycles. The molecule has 0 rings (SSSR count). The van der Waals surface area contributed by atoms with Gasteiger partial charge in [-0.1, -0.05) is 64.1 Å². The van der Waals surface area contributed by atoms with Gasteiger partial charge in [0.2, 0.25) is 0 Å². The third-order valence-electron chi connectivity index (χ3n) is 3.98. The molecule has 2 atom stereocenters. The minimum Gasteiger partial charge on any atom is -0.0718 e. The van der Waals surface area contributed by atoms with E-state index in [0.717, 1.165) is 10.7 Å². The lowest BCUT2D eigenvalue weighted by atomic mass is 10.6. The SMILES string of the molecule is CC[Si](C)(C)C(C)[SiH](C)C(C)C. The Balaban J connectivity index is 4.27. The summed E-state index contributed by atoms with van der Waals surface area (Å²) in [5, 5.41) is 1.10. The van der Waals surface area contributed by atoms with Crippen molar-refractivity contribution >= 4 is 16.9 Å². The summed E-state index contributed by atoms with van der Waals surface area (Å²) in [5.74, 6) is 0. The van der Waals surface area contributed by atoms with Gasteiger partial charge in [-0.3, -0.25) is 0 Å². The van der Waals surface area contributed by atoms with Gasteiger partial charge in [-0.15, -0.1) is 0 Å². The third-order valence-corrected chi connectivity index (χ3v) is 16.2. The van der Waals surface area contributed by atoms with Crippen LogP contribution < -0.4 is 0 Å². The first-order valence-electron chi connectivity index (χ1n) is 5.33. The Morgan fingerprint density at radius 1 is 1.17 bits per heavy atom. The molecule has 0 heterocycles. The normalized spacial score (nSPS) is 18.0. The maximum atomic E-state index is 2.56. The van der Waals surface area contributed by atoms with Crippen molar-refractivity contribution in [2.45, 2.75) is 64.1 Å². The van der Waals surface area contributed by atoms with E-state index in [1.807, 2.05) is 0 Å². The lowest BCUT2D eigenvalue weighted by Crippen LogP contribution is -2.39. The molecule has 0 aliphatic rings. The lowest BCUT2D eigenvalue weighted by Gasteiger charge is -2.34. The van der Waals surface area contributed by atoms with E-state index in [1.54, 1.807) is 0 Å². The zero-order valence-electron chi connectivity index (χ0n) is 9.94. The highest BCUT2D eigenvalue weighted by atomic mass is 28.4. The Bertz CT molecular complexity index is 130. The van der Waals surface area contributed by atoms with Gasteiger partial charge >= 0.3 is 0 Å². The van der Waals surface area contributed by atoms with E-state index < -0.39 is 16.9 Å². The van der Waals surface area contributed by atoms with E-state index in [1.165, 1.54) is 6.04 Å². The van der Waals surface area contributed by atoms with Crippen LogP contribution in [-0.2, 0) is 0 Å². The molecule has 0 saturated heterocycles. The predicted molar refractivity (Wildman–Crippen MR) is 65.5 cm³/mol. The van der Waals surface area contributed by atoms with Crippen molar-refractivity contribution in [2.75, 3.05) is 0 Å². The van der Waals surface area contributed by atoms with Crippen LogP contribution in [-0.4, -0.2) is 16.9 Å². The van der Waals surface area contributed by atoms with Gasteiger partial charge in [0.25, 0.3) is 0 Å². The molecule has 0 radical (unpaired) electrons. The second kappa shape index (κ2) is 4.61. The summed E-state index contributed by atoms with van der Waals surface area (Å²) in [6.45, 7) is 17.4. The van der Waals surface area contributed by atoms with Crippen molar-refractivity contribution in [3.63, 3.8) is 0 Å². The monoisotopic (exact) mass is 202 g/mol. The zero-order valence-corrected chi connectivity index (χ0v) is 12.1. The molecule has 0 spiro atoms. The minimum atomic E-state index is -0.845. The molecular formula is C10H26Si2. The van der Waals surface area contributed by atoms with Crippen molar-refractivity contribution < 1.29 is 0 Å². The fraction of sp³-hybridized carbons (Fsp3) is 1.00. The highest BCUT2D eigenvalue weighted by Gasteiger charge is 2.31. The smallest absolute Gasteiger partial charge is 0.0470 e. The Morgan fingerprint density at radius 3 is 1.83 bits per heavy atom. The summed E-state index contributed by atoms with van der Waals surface area (Å²) in [7, 11) is -1.30. The van der Waals surface area contributed by atoms with Crippen LogP contribution in [0.25, 0.3) is 0 Å². The molecule has 0 aromatic heterocycles. The second-order valence-corrected chi connectivity index (χ2v) is 15.5. The van der Waals surface area contributed by atoms with Crippen molar-refractivity contribution in [1.29, 1.82) is 0 Å². The molecule has 12 heavy (non-hydrogen) atoms. The standard InChI is InChI=1S/C10H26Si2/c1-8-12(6,7)10(4)11(5)9(2)3/h9-11H,8H2,1-7H3. The largest absolute Gasteiger partial charge is 0.0718 e. The summed E-state index contributed by atoms with van der Waals surface area (Å²) in [5.41, 5.74) is 0.985. The van der Waals surface area contributed by atoms with Crippen LogP contribution in [0.1, 0.15) is 27.7 Å². The first kappa shape index (κ1) is 12.4. The maximum absolute atomic E-state index is 2.56. The minimum absolute atomic E-state index is 0.451. The van der Waals surface area contributed by atoms with Gasteiger partial charge in [0.1, 0.15) is 0 Å². The number of hydrogen-bond acceptors (Lipinski definition) is 0. The van der Waals surface area contributed by atoms with Crippen molar-refractivity contribution in [1.82, 2.24) is 0 Å². The van der Waals surface area contributed by atoms with E-state index >= 15 is 0 Å². The van der Waals surface area contributed by atoms with Gasteiger partial charge in [-0.05, 0) is 0 Å². The molecule has 0 nitrogen and oxygen atoms in total.